The fourth-order valence-corrected chi connectivity index (χ4v) is 7.68. The Hall–Kier alpha value is -6.95. The Balaban J connectivity index is 1.00. The van der Waals surface area contributed by atoms with Crippen LogP contribution in [0, 0.1) is 0 Å². The summed E-state index contributed by atoms with van der Waals surface area (Å²) in [6.45, 7) is 0.559. The SMILES string of the molecule is NC(=NC(NCc1ccc2oc3c4ccc(-c5ccccc5)cc4ccc3c2c1)c1ccc2c(c1)oc1cccc(-c3ccccc3)c12)c1ccccc1. The van der Waals surface area contributed by atoms with Crippen LogP contribution in [0.1, 0.15) is 22.9 Å². The monoisotopic (exact) mass is 697 g/mol. The Bertz CT molecular complexity index is 3000. The van der Waals surface area contributed by atoms with Crippen LogP contribution in [0.15, 0.2) is 190 Å². The number of nitrogens with two attached hydrogens (primary N) is 1. The first-order chi connectivity index (χ1) is 26.7. The molecule has 5 nitrogen and oxygen atoms in total. The van der Waals surface area contributed by atoms with Crippen LogP contribution in [-0.4, -0.2) is 5.84 Å². The Morgan fingerprint density at radius 3 is 2.09 bits per heavy atom. The van der Waals surface area contributed by atoms with Gasteiger partial charge < -0.3 is 14.6 Å². The van der Waals surface area contributed by atoms with E-state index in [1.165, 1.54) is 11.1 Å². The number of hydrogen-bond acceptors (Lipinski definition) is 4. The van der Waals surface area contributed by atoms with Gasteiger partial charge in [0.1, 0.15) is 34.3 Å². The quantitative estimate of drug-likeness (QED) is 0.122. The fraction of sp³-hybridized carbons (Fsp3) is 0.0408. The number of fused-ring (bicyclic) bond motifs is 8. The van der Waals surface area contributed by atoms with Crippen LogP contribution in [0.2, 0.25) is 0 Å². The Labute approximate surface area is 312 Å². The lowest BCUT2D eigenvalue weighted by molar-refractivity contribution is 0.553. The van der Waals surface area contributed by atoms with Crippen molar-refractivity contribution in [1.82, 2.24) is 5.32 Å². The van der Waals surface area contributed by atoms with Crippen molar-refractivity contribution in [1.29, 1.82) is 0 Å². The molecule has 258 valence electrons. The highest BCUT2D eigenvalue weighted by Gasteiger charge is 2.18. The van der Waals surface area contributed by atoms with Crippen LogP contribution < -0.4 is 11.1 Å². The molecule has 0 aliphatic heterocycles. The molecule has 0 aliphatic carbocycles. The zero-order valence-electron chi connectivity index (χ0n) is 29.4. The number of amidine groups is 1. The van der Waals surface area contributed by atoms with E-state index in [1.54, 1.807) is 0 Å². The average Bonchev–Trinajstić information content (AvgIpc) is 3.81. The Morgan fingerprint density at radius 2 is 1.28 bits per heavy atom. The van der Waals surface area contributed by atoms with Gasteiger partial charge in [0.2, 0.25) is 0 Å². The van der Waals surface area contributed by atoms with E-state index in [-0.39, 0.29) is 0 Å². The molecule has 0 saturated carbocycles. The van der Waals surface area contributed by atoms with Crippen LogP contribution >= 0.6 is 0 Å². The summed E-state index contributed by atoms with van der Waals surface area (Å²) in [6, 6.07) is 60.7. The third-order valence-electron chi connectivity index (χ3n) is 10.4. The zero-order valence-corrected chi connectivity index (χ0v) is 29.4. The molecule has 0 saturated heterocycles. The van der Waals surface area contributed by atoms with Gasteiger partial charge in [0.15, 0.2) is 0 Å². The van der Waals surface area contributed by atoms with Crippen molar-refractivity contribution in [2.75, 3.05) is 0 Å². The molecule has 0 aliphatic rings. The molecule has 54 heavy (non-hydrogen) atoms. The average molecular weight is 698 g/mol. The van der Waals surface area contributed by atoms with Crippen LogP contribution in [0.5, 0.6) is 0 Å². The zero-order chi connectivity index (χ0) is 36.0. The second-order valence-electron chi connectivity index (χ2n) is 13.7. The summed E-state index contributed by atoms with van der Waals surface area (Å²) in [6.07, 6.45) is -0.434. The van der Waals surface area contributed by atoms with Crippen molar-refractivity contribution in [2.24, 2.45) is 10.7 Å². The van der Waals surface area contributed by atoms with Crippen molar-refractivity contribution in [3.05, 3.63) is 193 Å². The highest BCUT2D eigenvalue weighted by molar-refractivity contribution is 6.16. The molecular formula is C49H35N3O2. The van der Waals surface area contributed by atoms with Crippen LogP contribution in [0.25, 0.3) is 76.9 Å². The van der Waals surface area contributed by atoms with E-state index in [1.807, 2.05) is 54.6 Å². The molecule has 1 atom stereocenters. The van der Waals surface area contributed by atoms with Crippen molar-refractivity contribution < 1.29 is 8.83 Å². The molecule has 0 radical (unpaired) electrons. The molecule has 8 aromatic carbocycles. The summed E-state index contributed by atoms with van der Waals surface area (Å²) >= 11 is 0. The predicted octanol–water partition coefficient (Wildman–Crippen LogP) is 12.2. The Morgan fingerprint density at radius 1 is 0.537 bits per heavy atom. The van der Waals surface area contributed by atoms with E-state index in [0.717, 1.165) is 82.5 Å². The molecule has 0 spiro atoms. The van der Waals surface area contributed by atoms with Crippen molar-refractivity contribution in [3.63, 3.8) is 0 Å². The first-order valence-electron chi connectivity index (χ1n) is 18.2. The second-order valence-corrected chi connectivity index (χ2v) is 13.7. The number of aliphatic imine (C=N–C) groups is 1. The third-order valence-corrected chi connectivity index (χ3v) is 10.4. The van der Waals surface area contributed by atoms with Gasteiger partial charge in [-0.25, -0.2) is 4.99 Å². The highest BCUT2D eigenvalue weighted by Crippen LogP contribution is 2.39. The van der Waals surface area contributed by atoms with E-state index in [4.69, 9.17) is 19.6 Å². The molecule has 0 amide bonds. The minimum Gasteiger partial charge on any atom is -0.456 e. The lowest BCUT2D eigenvalue weighted by Gasteiger charge is -2.17. The minimum atomic E-state index is -0.434. The van der Waals surface area contributed by atoms with E-state index in [0.29, 0.717) is 12.4 Å². The summed E-state index contributed by atoms with van der Waals surface area (Å²) < 4.78 is 13.0. The van der Waals surface area contributed by atoms with Gasteiger partial charge in [-0.2, -0.15) is 0 Å². The summed E-state index contributed by atoms with van der Waals surface area (Å²) in [5, 5.41) is 10.3. The summed E-state index contributed by atoms with van der Waals surface area (Å²) in [5.74, 6) is 0.461. The van der Waals surface area contributed by atoms with Gasteiger partial charge in [-0.05, 0) is 81.2 Å². The van der Waals surface area contributed by atoms with Gasteiger partial charge in [-0.15, -0.1) is 0 Å². The topological polar surface area (TPSA) is 76.7 Å². The van der Waals surface area contributed by atoms with E-state index in [2.05, 4.69) is 127 Å². The van der Waals surface area contributed by atoms with Gasteiger partial charge in [-0.3, -0.25) is 5.32 Å². The molecule has 2 aromatic heterocycles. The lowest BCUT2D eigenvalue weighted by Crippen LogP contribution is -2.23. The maximum atomic E-state index is 6.65. The number of benzene rings is 8. The van der Waals surface area contributed by atoms with E-state index < -0.39 is 6.17 Å². The van der Waals surface area contributed by atoms with E-state index in [9.17, 15) is 0 Å². The highest BCUT2D eigenvalue weighted by atomic mass is 16.3. The standard InChI is InChI=1S/C49H35N3O2/c50-48(34-15-8-3-9-16-34)52-49(37-22-25-41-45(29-37)53-44-18-10-17-38(46(41)44)33-13-6-2-7-14-33)51-30-31-19-26-43-42(27-31)40-24-21-36-28-35(32-11-4-1-5-12-32)20-23-39(36)47(40)54-43/h1-29,49,51H,30H2,(H2,50,52). The maximum absolute atomic E-state index is 6.65. The Kier molecular flexibility index (Phi) is 7.78. The number of furan rings is 2. The van der Waals surface area contributed by atoms with Crippen LogP contribution in [-0.2, 0) is 6.54 Å². The molecule has 10 aromatic rings. The molecule has 1 unspecified atom stereocenters. The molecule has 3 N–H and O–H groups in total. The van der Waals surface area contributed by atoms with Crippen molar-refractivity contribution >= 4 is 60.5 Å². The second kappa shape index (κ2) is 13.2. The van der Waals surface area contributed by atoms with Crippen LogP contribution in [0.3, 0.4) is 0 Å². The number of hydrogen-bond donors (Lipinski definition) is 2. The fourth-order valence-electron chi connectivity index (χ4n) is 7.68. The number of rotatable bonds is 8. The maximum Gasteiger partial charge on any atom is 0.143 e. The predicted molar refractivity (Wildman–Crippen MR) is 223 cm³/mol. The number of nitrogens with zero attached hydrogens (tertiary/aromatic N) is 1. The van der Waals surface area contributed by atoms with Crippen molar-refractivity contribution in [2.45, 2.75) is 12.7 Å². The summed E-state index contributed by atoms with van der Waals surface area (Å²) in [5.41, 5.74) is 17.7. The molecule has 0 bridgehead atoms. The lowest BCUT2D eigenvalue weighted by atomic mass is 9.99. The van der Waals surface area contributed by atoms with Crippen LogP contribution in [0.4, 0.5) is 0 Å². The largest absolute Gasteiger partial charge is 0.456 e. The molecule has 5 heteroatoms. The van der Waals surface area contributed by atoms with Gasteiger partial charge in [0.25, 0.3) is 0 Å². The van der Waals surface area contributed by atoms with E-state index >= 15 is 0 Å². The summed E-state index contributed by atoms with van der Waals surface area (Å²) in [4.78, 5) is 5.05. The molecule has 10 rings (SSSR count). The van der Waals surface area contributed by atoms with Gasteiger partial charge in [0, 0.05) is 39.0 Å². The van der Waals surface area contributed by atoms with Gasteiger partial charge in [-0.1, -0.05) is 133 Å². The summed E-state index contributed by atoms with van der Waals surface area (Å²) in [7, 11) is 0. The third kappa shape index (κ3) is 5.68. The van der Waals surface area contributed by atoms with Gasteiger partial charge in [0.05, 0.1) is 0 Å². The first-order valence-corrected chi connectivity index (χ1v) is 18.2. The molecule has 0 fully saturated rings. The minimum absolute atomic E-state index is 0.434. The van der Waals surface area contributed by atoms with Crippen molar-refractivity contribution in [3.8, 4) is 22.3 Å². The van der Waals surface area contributed by atoms with Gasteiger partial charge >= 0.3 is 0 Å². The molecule has 2 heterocycles. The molecular weight excluding hydrogens is 663 g/mol. The number of nitrogens with one attached hydrogen (secondary N) is 1. The smallest absolute Gasteiger partial charge is 0.143 e. The first kappa shape index (κ1) is 31.8. The normalized spacial score (nSPS) is 12.7.